The van der Waals surface area contributed by atoms with Gasteiger partial charge in [-0.1, -0.05) is 216 Å². The lowest BCUT2D eigenvalue weighted by molar-refractivity contribution is 0.660. The summed E-state index contributed by atoms with van der Waals surface area (Å²) in [5.74, 6) is 0. The van der Waals surface area contributed by atoms with E-state index in [4.69, 9.17) is 0 Å². The van der Waals surface area contributed by atoms with Gasteiger partial charge in [0.15, 0.2) is 0 Å². The van der Waals surface area contributed by atoms with Crippen LogP contribution in [0.1, 0.15) is 72.2 Å². The van der Waals surface area contributed by atoms with E-state index >= 15 is 0 Å². The summed E-state index contributed by atoms with van der Waals surface area (Å²) in [4.78, 5) is 2.51. The van der Waals surface area contributed by atoms with E-state index in [1.165, 1.54) is 111 Å². The number of hydrogen-bond acceptors (Lipinski definition) is 1. The quantitative estimate of drug-likeness (QED) is 0.167. The number of rotatable bonds is 5. The van der Waals surface area contributed by atoms with Crippen LogP contribution >= 0.6 is 0 Å². The van der Waals surface area contributed by atoms with Gasteiger partial charge < -0.3 is 4.90 Å². The van der Waals surface area contributed by atoms with E-state index in [1.54, 1.807) is 0 Å². The van der Waals surface area contributed by atoms with Crippen LogP contribution in [0.2, 0.25) is 0 Å². The van der Waals surface area contributed by atoms with Crippen molar-refractivity contribution in [1.29, 1.82) is 0 Å². The second-order valence-electron chi connectivity index (χ2n) is 20.4. The van der Waals surface area contributed by atoms with Crippen molar-refractivity contribution in [3.05, 3.63) is 269 Å². The number of anilines is 3. The van der Waals surface area contributed by atoms with Gasteiger partial charge in [-0.3, -0.25) is 0 Å². The van der Waals surface area contributed by atoms with Gasteiger partial charge in [0.1, 0.15) is 0 Å². The van der Waals surface area contributed by atoms with Crippen molar-refractivity contribution >= 4 is 17.1 Å². The highest BCUT2D eigenvalue weighted by Crippen LogP contribution is 2.63. The highest BCUT2D eigenvalue weighted by molar-refractivity contribution is 5.99. The van der Waals surface area contributed by atoms with Gasteiger partial charge in [0.05, 0.1) is 5.41 Å². The average Bonchev–Trinajstić information content (AvgIpc) is 4.02. The molecular formula is C67H49N. The zero-order valence-electron chi connectivity index (χ0n) is 38.8. The molecule has 0 radical (unpaired) electrons. The standard InChI is InChI=1S/C67H49N/c1-65(2)55-30-10-8-26-53(55)63-47(28-17-35-60(63)65)42-19-15-21-44(39-42)68(45-22-16-20-43(40-45)48-29-18-36-61-64(48)54-27-9-11-31-56(54)66(61,3)4)46-37-38-52-51-25-7-14-34-59(51)67(62(52)41-46)57-32-12-5-23-49(57)50-24-6-13-33-58(50)67/h5-41H,1-4H3. The van der Waals surface area contributed by atoms with Crippen LogP contribution in [0.25, 0.3) is 66.8 Å². The second kappa shape index (κ2) is 14.0. The van der Waals surface area contributed by atoms with Crippen molar-refractivity contribution in [3.63, 3.8) is 0 Å². The first-order chi connectivity index (χ1) is 33.3. The molecule has 0 aromatic heterocycles. The van der Waals surface area contributed by atoms with Crippen LogP contribution in [0, 0.1) is 0 Å². The molecule has 68 heavy (non-hydrogen) atoms. The summed E-state index contributed by atoms with van der Waals surface area (Å²) < 4.78 is 0. The summed E-state index contributed by atoms with van der Waals surface area (Å²) in [7, 11) is 0. The molecule has 0 N–H and O–H groups in total. The van der Waals surface area contributed by atoms with Crippen molar-refractivity contribution in [2.45, 2.75) is 43.9 Å². The van der Waals surface area contributed by atoms with Crippen molar-refractivity contribution in [2.24, 2.45) is 0 Å². The Labute approximate surface area is 399 Å². The van der Waals surface area contributed by atoms with E-state index in [1.807, 2.05) is 0 Å². The van der Waals surface area contributed by atoms with Crippen LogP contribution in [0.4, 0.5) is 17.1 Å². The van der Waals surface area contributed by atoms with Crippen molar-refractivity contribution in [3.8, 4) is 66.8 Å². The molecule has 14 rings (SSSR count). The molecule has 0 saturated carbocycles. The maximum atomic E-state index is 2.52. The molecule has 4 aliphatic rings. The normalized spacial score (nSPS) is 15.1. The van der Waals surface area contributed by atoms with Gasteiger partial charge in [0.25, 0.3) is 0 Å². The van der Waals surface area contributed by atoms with E-state index < -0.39 is 5.41 Å². The number of hydrogen-bond donors (Lipinski definition) is 0. The Balaban J connectivity index is 1.01. The second-order valence-corrected chi connectivity index (χ2v) is 20.4. The Morgan fingerprint density at radius 1 is 0.250 bits per heavy atom. The molecule has 10 aromatic carbocycles. The van der Waals surface area contributed by atoms with Gasteiger partial charge in [-0.2, -0.15) is 0 Å². The van der Waals surface area contributed by atoms with Gasteiger partial charge in [0.2, 0.25) is 0 Å². The summed E-state index contributed by atoms with van der Waals surface area (Å²) >= 11 is 0. The Bertz CT molecular complexity index is 3550. The van der Waals surface area contributed by atoms with Crippen LogP contribution in [0.3, 0.4) is 0 Å². The highest BCUT2D eigenvalue weighted by Gasteiger charge is 2.51. The van der Waals surface area contributed by atoms with Crippen LogP contribution < -0.4 is 4.90 Å². The highest BCUT2D eigenvalue weighted by atomic mass is 15.1. The maximum absolute atomic E-state index is 2.52. The summed E-state index contributed by atoms with van der Waals surface area (Å²) in [6, 6.07) is 84.9. The molecule has 0 fully saturated rings. The largest absolute Gasteiger partial charge is 0.310 e. The van der Waals surface area contributed by atoms with E-state index in [9.17, 15) is 0 Å². The van der Waals surface area contributed by atoms with Gasteiger partial charge in [-0.25, -0.2) is 0 Å². The third-order valence-electron chi connectivity index (χ3n) is 16.3. The summed E-state index contributed by atoms with van der Waals surface area (Å²) in [5.41, 5.74) is 29.1. The number of fused-ring (bicyclic) bond motifs is 16. The average molecular weight is 868 g/mol. The van der Waals surface area contributed by atoms with Crippen LogP contribution in [0.5, 0.6) is 0 Å². The smallest absolute Gasteiger partial charge is 0.0726 e. The molecular weight excluding hydrogens is 819 g/mol. The van der Waals surface area contributed by atoms with Crippen molar-refractivity contribution < 1.29 is 0 Å². The number of nitrogens with zero attached hydrogens (tertiary/aromatic N) is 1. The van der Waals surface area contributed by atoms with Crippen LogP contribution in [0.15, 0.2) is 224 Å². The molecule has 0 bridgehead atoms. The minimum atomic E-state index is -0.458. The van der Waals surface area contributed by atoms with Gasteiger partial charge in [0, 0.05) is 27.9 Å². The summed E-state index contributed by atoms with van der Waals surface area (Å²) in [6.45, 7) is 9.48. The first-order valence-corrected chi connectivity index (χ1v) is 24.2. The Kier molecular flexibility index (Phi) is 8.08. The Hall–Kier alpha value is -8.00. The molecule has 1 heteroatoms. The number of benzene rings is 10. The zero-order chi connectivity index (χ0) is 45.5. The minimum absolute atomic E-state index is 0.0885. The molecule has 1 nitrogen and oxygen atoms in total. The zero-order valence-corrected chi connectivity index (χ0v) is 38.8. The lowest BCUT2D eigenvalue weighted by Crippen LogP contribution is -2.26. The minimum Gasteiger partial charge on any atom is -0.310 e. The van der Waals surface area contributed by atoms with E-state index in [0.717, 1.165) is 17.1 Å². The summed E-state index contributed by atoms with van der Waals surface area (Å²) in [5, 5.41) is 0. The molecule has 0 amide bonds. The SMILES string of the molecule is CC1(C)c2ccccc2-c2c(-c3cccc(N(c4cccc(-c5cccc6c5-c5ccccc5C6(C)C)c4)c4ccc5c(c4)C4(c6ccccc6-c6ccccc64)c4ccccc4-5)c3)cccc21. The summed E-state index contributed by atoms with van der Waals surface area (Å²) in [6.07, 6.45) is 0. The van der Waals surface area contributed by atoms with Crippen LogP contribution in [-0.4, -0.2) is 0 Å². The molecule has 10 aromatic rings. The topological polar surface area (TPSA) is 3.24 Å². The molecule has 322 valence electrons. The first kappa shape index (κ1) is 39.2. The third kappa shape index (κ3) is 5.11. The van der Waals surface area contributed by atoms with E-state index in [-0.39, 0.29) is 10.8 Å². The Morgan fingerprint density at radius 3 is 1.04 bits per heavy atom. The molecule has 1 spiro atoms. The molecule has 0 saturated heterocycles. The molecule has 0 aliphatic heterocycles. The Morgan fingerprint density at radius 2 is 0.588 bits per heavy atom. The predicted molar refractivity (Wildman–Crippen MR) is 283 cm³/mol. The lowest BCUT2D eigenvalue weighted by atomic mass is 9.70. The molecule has 0 heterocycles. The van der Waals surface area contributed by atoms with Gasteiger partial charge in [-0.05, 0) is 148 Å². The molecule has 0 atom stereocenters. The first-order valence-electron chi connectivity index (χ1n) is 24.2. The fourth-order valence-electron chi connectivity index (χ4n) is 13.3. The maximum Gasteiger partial charge on any atom is 0.0726 e. The van der Waals surface area contributed by atoms with Gasteiger partial charge >= 0.3 is 0 Å². The third-order valence-corrected chi connectivity index (χ3v) is 16.3. The predicted octanol–water partition coefficient (Wildman–Crippen LogP) is 17.4. The monoisotopic (exact) mass is 867 g/mol. The molecule has 0 unspecified atom stereocenters. The van der Waals surface area contributed by atoms with Gasteiger partial charge in [-0.15, -0.1) is 0 Å². The van der Waals surface area contributed by atoms with Crippen molar-refractivity contribution in [2.75, 3.05) is 4.90 Å². The van der Waals surface area contributed by atoms with E-state index in [0.29, 0.717) is 0 Å². The fourth-order valence-corrected chi connectivity index (χ4v) is 13.3. The fraction of sp³-hybridized carbons (Fsp3) is 0.104. The van der Waals surface area contributed by atoms with Crippen molar-refractivity contribution in [1.82, 2.24) is 0 Å². The van der Waals surface area contributed by atoms with Crippen LogP contribution in [-0.2, 0) is 16.2 Å². The lowest BCUT2D eigenvalue weighted by Gasteiger charge is -2.32. The molecule has 4 aliphatic carbocycles. The van der Waals surface area contributed by atoms with E-state index in [2.05, 4.69) is 257 Å².